The number of rotatable bonds is 9. The summed E-state index contributed by atoms with van der Waals surface area (Å²) in [7, 11) is 0. The number of hydrogen-bond donors (Lipinski definition) is 1. The summed E-state index contributed by atoms with van der Waals surface area (Å²) >= 11 is 0. The highest BCUT2D eigenvalue weighted by Gasteiger charge is 2.12. The van der Waals surface area contributed by atoms with Gasteiger partial charge in [-0.1, -0.05) is 34.6 Å². The lowest BCUT2D eigenvalue weighted by Crippen LogP contribution is -2.27. The van der Waals surface area contributed by atoms with E-state index in [1.165, 1.54) is 6.42 Å². The minimum absolute atomic E-state index is 0.649. The van der Waals surface area contributed by atoms with E-state index in [2.05, 4.69) is 39.9 Å². The summed E-state index contributed by atoms with van der Waals surface area (Å²) in [5, 5.41) is 3.42. The topological polar surface area (TPSA) is 21.3 Å². The lowest BCUT2D eigenvalue weighted by atomic mass is 9.93. The molecule has 1 N–H and O–H groups in total. The maximum atomic E-state index is 5.63. The summed E-state index contributed by atoms with van der Waals surface area (Å²) in [4.78, 5) is 0. The first-order valence-corrected chi connectivity index (χ1v) is 6.36. The van der Waals surface area contributed by atoms with E-state index in [1.807, 2.05) is 0 Å². The van der Waals surface area contributed by atoms with E-state index in [4.69, 9.17) is 4.74 Å². The molecule has 0 saturated carbocycles. The number of hydrogen-bond acceptors (Lipinski definition) is 2. The average Bonchev–Trinajstić information content (AvgIpc) is 2.15. The van der Waals surface area contributed by atoms with Crippen LogP contribution in [0.5, 0.6) is 0 Å². The van der Waals surface area contributed by atoms with Crippen LogP contribution in [0.2, 0.25) is 0 Å². The fourth-order valence-corrected chi connectivity index (χ4v) is 1.55. The molecule has 0 bridgehead atoms. The second-order valence-corrected chi connectivity index (χ2v) is 5.07. The van der Waals surface area contributed by atoms with Crippen molar-refractivity contribution in [2.24, 2.45) is 17.8 Å². The van der Waals surface area contributed by atoms with Crippen LogP contribution in [0.4, 0.5) is 0 Å². The van der Waals surface area contributed by atoms with E-state index in [1.54, 1.807) is 0 Å². The van der Waals surface area contributed by atoms with Gasteiger partial charge in [0.15, 0.2) is 0 Å². The zero-order chi connectivity index (χ0) is 11.7. The van der Waals surface area contributed by atoms with Crippen LogP contribution in [0.15, 0.2) is 0 Å². The van der Waals surface area contributed by atoms with Crippen LogP contribution < -0.4 is 5.32 Å². The SMILES string of the molecule is CCNCC(CCOCC(C)C)C(C)C. The molecule has 2 heteroatoms. The van der Waals surface area contributed by atoms with Crippen LogP contribution in [0.3, 0.4) is 0 Å². The van der Waals surface area contributed by atoms with Gasteiger partial charge < -0.3 is 10.1 Å². The van der Waals surface area contributed by atoms with Crippen molar-refractivity contribution in [2.75, 3.05) is 26.3 Å². The first kappa shape index (κ1) is 14.9. The largest absolute Gasteiger partial charge is 0.381 e. The van der Waals surface area contributed by atoms with E-state index < -0.39 is 0 Å². The molecule has 0 aromatic rings. The third-order valence-electron chi connectivity index (χ3n) is 2.68. The summed E-state index contributed by atoms with van der Waals surface area (Å²) in [6, 6.07) is 0. The Morgan fingerprint density at radius 2 is 1.80 bits per heavy atom. The second kappa shape index (κ2) is 9.17. The van der Waals surface area contributed by atoms with Gasteiger partial charge in [0.2, 0.25) is 0 Å². The van der Waals surface area contributed by atoms with E-state index in [-0.39, 0.29) is 0 Å². The molecule has 0 aromatic heterocycles. The predicted octanol–water partition coefficient (Wildman–Crippen LogP) is 2.93. The molecular formula is C13H29NO. The van der Waals surface area contributed by atoms with Gasteiger partial charge >= 0.3 is 0 Å². The van der Waals surface area contributed by atoms with Crippen LogP contribution in [-0.2, 0) is 4.74 Å². The normalized spacial score (nSPS) is 13.8. The molecule has 92 valence electrons. The number of nitrogens with one attached hydrogen (secondary N) is 1. The number of ether oxygens (including phenoxy) is 1. The monoisotopic (exact) mass is 215 g/mol. The quantitative estimate of drug-likeness (QED) is 0.597. The molecule has 0 fully saturated rings. The molecule has 0 amide bonds. The minimum Gasteiger partial charge on any atom is -0.381 e. The molecule has 1 atom stereocenters. The third-order valence-corrected chi connectivity index (χ3v) is 2.68. The van der Waals surface area contributed by atoms with Crippen molar-refractivity contribution >= 4 is 0 Å². The van der Waals surface area contributed by atoms with Gasteiger partial charge in [-0.25, -0.2) is 0 Å². The second-order valence-electron chi connectivity index (χ2n) is 5.07. The van der Waals surface area contributed by atoms with E-state index in [0.717, 1.165) is 38.1 Å². The molecule has 0 spiro atoms. The Kier molecular flexibility index (Phi) is 9.12. The fraction of sp³-hybridized carbons (Fsp3) is 1.00. The van der Waals surface area contributed by atoms with Gasteiger partial charge in [-0.3, -0.25) is 0 Å². The van der Waals surface area contributed by atoms with Crippen molar-refractivity contribution in [3.8, 4) is 0 Å². The Hall–Kier alpha value is -0.0800. The molecule has 0 heterocycles. The van der Waals surface area contributed by atoms with Crippen LogP contribution in [0.25, 0.3) is 0 Å². The van der Waals surface area contributed by atoms with E-state index in [0.29, 0.717) is 5.92 Å². The summed E-state index contributed by atoms with van der Waals surface area (Å²) in [5.74, 6) is 2.14. The average molecular weight is 215 g/mol. The zero-order valence-corrected chi connectivity index (χ0v) is 11.2. The minimum atomic E-state index is 0.649. The highest BCUT2D eigenvalue weighted by Crippen LogP contribution is 2.14. The van der Waals surface area contributed by atoms with Gasteiger partial charge in [0, 0.05) is 13.2 Å². The molecule has 1 unspecified atom stereocenters. The standard InChI is InChI=1S/C13H29NO/c1-6-14-9-13(12(4)5)7-8-15-10-11(2)3/h11-14H,6-10H2,1-5H3. The van der Waals surface area contributed by atoms with Crippen molar-refractivity contribution in [1.82, 2.24) is 5.32 Å². The van der Waals surface area contributed by atoms with Crippen molar-refractivity contribution in [2.45, 2.75) is 41.0 Å². The fourth-order valence-electron chi connectivity index (χ4n) is 1.55. The molecule has 0 aliphatic carbocycles. The van der Waals surface area contributed by atoms with Crippen molar-refractivity contribution in [3.63, 3.8) is 0 Å². The maximum absolute atomic E-state index is 5.63. The van der Waals surface area contributed by atoms with Crippen molar-refractivity contribution in [1.29, 1.82) is 0 Å². The summed E-state index contributed by atoms with van der Waals surface area (Å²) < 4.78 is 5.63. The smallest absolute Gasteiger partial charge is 0.0488 e. The van der Waals surface area contributed by atoms with Gasteiger partial charge in [0.1, 0.15) is 0 Å². The molecule has 0 rings (SSSR count). The Labute approximate surface area is 95.8 Å². The van der Waals surface area contributed by atoms with Gasteiger partial charge in [-0.15, -0.1) is 0 Å². The summed E-state index contributed by atoms with van der Waals surface area (Å²) in [5.41, 5.74) is 0. The maximum Gasteiger partial charge on any atom is 0.0488 e. The molecule has 2 nitrogen and oxygen atoms in total. The lowest BCUT2D eigenvalue weighted by molar-refractivity contribution is 0.0922. The molecule has 0 radical (unpaired) electrons. The predicted molar refractivity (Wildman–Crippen MR) is 67.1 cm³/mol. The van der Waals surface area contributed by atoms with Crippen molar-refractivity contribution < 1.29 is 4.74 Å². The first-order valence-electron chi connectivity index (χ1n) is 6.36. The van der Waals surface area contributed by atoms with Crippen LogP contribution >= 0.6 is 0 Å². The lowest BCUT2D eigenvalue weighted by Gasteiger charge is -2.21. The first-order chi connectivity index (χ1) is 7.07. The van der Waals surface area contributed by atoms with E-state index >= 15 is 0 Å². The Morgan fingerprint density at radius 1 is 1.13 bits per heavy atom. The van der Waals surface area contributed by atoms with E-state index in [9.17, 15) is 0 Å². The molecule has 0 aliphatic rings. The van der Waals surface area contributed by atoms with Crippen molar-refractivity contribution in [3.05, 3.63) is 0 Å². The van der Waals surface area contributed by atoms with Crippen LogP contribution in [0.1, 0.15) is 41.0 Å². The zero-order valence-electron chi connectivity index (χ0n) is 11.2. The van der Waals surface area contributed by atoms with Crippen LogP contribution in [-0.4, -0.2) is 26.3 Å². The summed E-state index contributed by atoms with van der Waals surface area (Å²) in [6.45, 7) is 15.1. The van der Waals surface area contributed by atoms with Gasteiger partial charge in [-0.2, -0.15) is 0 Å². The Balaban J connectivity index is 3.57. The molecule has 0 aromatic carbocycles. The van der Waals surface area contributed by atoms with Gasteiger partial charge in [-0.05, 0) is 37.3 Å². The Morgan fingerprint density at radius 3 is 2.27 bits per heavy atom. The molecule has 0 aliphatic heterocycles. The third kappa shape index (κ3) is 8.88. The van der Waals surface area contributed by atoms with Crippen LogP contribution in [0, 0.1) is 17.8 Å². The van der Waals surface area contributed by atoms with Gasteiger partial charge in [0.25, 0.3) is 0 Å². The summed E-state index contributed by atoms with van der Waals surface area (Å²) in [6.07, 6.45) is 1.18. The molecule has 15 heavy (non-hydrogen) atoms. The van der Waals surface area contributed by atoms with Gasteiger partial charge in [0.05, 0.1) is 0 Å². The molecule has 0 saturated heterocycles. The highest BCUT2D eigenvalue weighted by molar-refractivity contribution is 4.65. The molecular weight excluding hydrogens is 186 g/mol. The Bertz CT molecular complexity index is 134. The highest BCUT2D eigenvalue weighted by atomic mass is 16.5.